The van der Waals surface area contributed by atoms with Crippen LogP contribution in [0.5, 0.6) is 0 Å². The Labute approximate surface area is 242 Å². The van der Waals surface area contributed by atoms with Crippen LogP contribution in [0.25, 0.3) is 16.8 Å². The molecular weight excluding hydrogens is 573 g/mol. The summed E-state index contributed by atoms with van der Waals surface area (Å²) < 4.78 is 71.2. The zero-order valence-corrected chi connectivity index (χ0v) is 23.3. The Morgan fingerprint density at radius 3 is 2.53 bits per heavy atom. The number of carbonyl (C=O) groups excluding carboxylic acids is 2. The molecule has 1 saturated heterocycles. The average molecular weight is 602 g/mol. The van der Waals surface area contributed by atoms with E-state index in [-0.39, 0.29) is 40.3 Å². The molecule has 3 aromatic heterocycles. The molecule has 2 amide bonds. The van der Waals surface area contributed by atoms with Gasteiger partial charge < -0.3 is 16.0 Å². The Morgan fingerprint density at radius 1 is 1.12 bits per heavy atom. The number of nitrogen functional groups attached to an aromatic ring is 1. The van der Waals surface area contributed by atoms with E-state index >= 15 is 8.78 Å². The summed E-state index contributed by atoms with van der Waals surface area (Å²) >= 11 is 0. The molecule has 1 unspecified atom stereocenters. The van der Waals surface area contributed by atoms with Crippen LogP contribution in [-0.2, 0) is 16.9 Å². The van der Waals surface area contributed by atoms with Gasteiger partial charge in [0.05, 0.1) is 5.56 Å². The lowest BCUT2D eigenvalue weighted by Crippen LogP contribution is -2.30. The average Bonchev–Trinajstić information content (AvgIpc) is 3.54. The topological polar surface area (TPSA) is 119 Å². The number of likely N-dealkylation sites (tertiary alicyclic amines) is 1. The number of benzene rings is 1. The van der Waals surface area contributed by atoms with Crippen LogP contribution in [0.4, 0.5) is 33.6 Å². The van der Waals surface area contributed by atoms with E-state index in [9.17, 15) is 22.8 Å². The Balaban J connectivity index is 1.56. The minimum Gasteiger partial charge on any atom is -0.382 e. The normalized spacial score (nSPS) is 14.9. The van der Waals surface area contributed by atoms with Crippen molar-refractivity contribution in [1.82, 2.24) is 24.3 Å². The van der Waals surface area contributed by atoms with Gasteiger partial charge in [0.2, 0.25) is 5.91 Å². The highest BCUT2D eigenvalue weighted by atomic mass is 19.4. The van der Waals surface area contributed by atoms with Crippen LogP contribution in [0.2, 0.25) is 0 Å². The summed E-state index contributed by atoms with van der Waals surface area (Å²) in [7, 11) is 0. The second kappa shape index (κ2) is 11.2. The maximum atomic E-state index is 15.1. The molecule has 0 aliphatic carbocycles. The molecule has 4 heterocycles. The molecule has 1 aromatic carbocycles. The molecule has 0 saturated carbocycles. The molecule has 0 bridgehead atoms. The minimum absolute atomic E-state index is 0.00297. The van der Waals surface area contributed by atoms with Crippen molar-refractivity contribution in [3.63, 3.8) is 0 Å². The molecule has 1 aliphatic heterocycles. The van der Waals surface area contributed by atoms with E-state index in [0.717, 1.165) is 24.8 Å². The number of carbonyl (C=O) groups is 2. The maximum absolute atomic E-state index is 15.1. The van der Waals surface area contributed by atoms with Gasteiger partial charge >= 0.3 is 6.18 Å². The number of fused-ring (bicyclic) bond motifs is 1. The van der Waals surface area contributed by atoms with Crippen LogP contribution in [0.1, 0.15) is 66.3 Å². The molecule has 0 radical (unpaired) electrons. The van der Waals surface area contributed by atoms with Gasteiger partial charge in [-0.1, -0.05) is 13.0 Å². The lowest BCUT2D eigenvalue weighted by atomic mass is 9.96. The highest BCUT2D eigenvalue weighted by Gasteiger charge is 2.34. The number of alkyl halides is 5. The lowest BCUT2D eigenvalue weighted by Gasteiger charge is -2.22. The molecule has 43 heavy (non-hydrogen) atoms. The van der Waals surface area contributed by atoms with Gasteiger partial charge in [0, 0.05) is 67.6 Å². The Morgan fingerprint density at radius 2 is 1.88 bits per heavy atom. The van der Waals surface area contributed by atoms with Crippen molar-refractivity contribution in [1.29, 1.82) is 0 Å². The molecule has 1 atom stereocenters. The van der Waals surface area contributed by atoms with Crippen molar-refractivity contribution >= 4 is 29.0 Å². The number of amides is 2. The predicted molar refractivity (Wildman–Crippen MR) is 148 cm³/mol. The Kier molecular flexibility index (Phi) is 7.80. The van der Waals surface area contributed by atoms with Gasteiger partial charge in [-0.25, -0.2) is 23.7 Å². The molecule has 5 rings (SSSR count). The predicted octanol–water partition coefficient (Wildman–Crippen LogP) is 5.87. The molecule has 0 spiro atoms. The molecule has 3 N–H and O–H groups in total. The van der Waals surface area contributed by atoms with E-state index in [1.807, 2.05) is 6.92 Å². The number of nitrogens with two attached hydrogens (primary N) is 1. The summed E-state index contributed by atoms with van der Waals surface area (Å²) in [6.45, 7) is 3.63. The summed E-state index contributed by atoms with van der Waals surface area (Å²) in [6.07, 6.45) is 1.15. The molecule has 14 heteroatoms. The van der Waals surface area contributed by atoms with Crippen LogP contribution in [-0.4, -0.2) is 49.2 Å². The van der Waals surface area contributed by atoms with Gasteiger partial charge in [0.15, 0.2) is 0 Å². The fourth-order valence-electron chi connectivity index (χ4n) is 5.24. The third-order valence-corrected chi connectivity index (χ3v) is 7.42. The van der Waals surface area contributed by atoms with Crippen molar-refractivity contribution in [3.05, 3.63) is 71.4 Å². The first kappa shape index (κ1) is 29.9. The second-order valence-electron chi connectivity index (χ2n) is 10.4. The standard InChI is InChI=1S/C29H28F5N7O2/c1-3-16(15-40-11-4-5-22(40)42)26-39-23(24-25(35)37-10-12-41(24)26)19-7-6-17(13-20(19)28(2,30)31)27(43)38-21-14-18(8-9-36-21)29(32,33)34/h6-10,12-14,16H,3-5,11,15H2,1-2H3,(H2,35,37)(H,36,38,43). The van der Waals surface area contributed by atoms with Crippen LogP contribution < -0.4 is 11.1 Å². The maximum Gasteiger partial charge on any atom is 0.416 e. The van der Waals surface area contributed by atoms with Crippen molar-refractivity contribution in [2.24, 2.45) is 0 Å². The fourth-order valence-corrected chi connectivity index (χ4v) is 5.24. The zero-order chi connectivity index (χ0) is 31.1. The third-order valence-electron chi connectivity index (χ3n) is 7.42. The van der Waals surface area contributed by atoms with Crippen LogP contribution >= 0.6 is 0 Å². The van der Waals surface area contributed by atoms with E-state index in [4.69, 9.17) is 10.7 Å². The zero-order valence-electron chi connectivity index (χ0n) is 23.3. The van der Waals surface area contributed by atoms with Gasteiger partial charge in [-0.3, -0.25) is 14.0 Å². The summed E-state index contributed by atoms with van der Waals surface area (Å²) in [6, 6.07) is 4.93. The van der Waals surface area contributed by atoms with Crippen LogP contribution in [0, 0.1) is 0 Å². The van der Waals surface area contributed by atoms with Gasteiger partial charge in [-0.15, -0.1) is 0 Å². The van der Waals surface area contributed by atoms with Crippen molar-refractivity contribution < 1.29 is 31.5 Å². The first-order valence-electron chi connectivity index (χ1n) is 13.6. The van der Waals surface area contributed by atoms with Gasteiger partial charge in [0.1, 0.15) is 28.7 Å². The first-order chi connectivity index (χ1) is 20.3. The summed E-state index contributed by atoms with van der Waals surface area (Å²) in [5, 5.41) is 2.24. The summed E-state index contributed by atoms with van der Waals surface area (Å²) in [4.78, 5) is 39.6. The Hall–Kier alpha value is -4.62. The number of nitrogens with zero attached hydrogens (tertiary/aromatic N) is 5. The molecule has 226 valence electrons. The fraction of sp³-hybridized carbons (Fsp3) is 0.345. The first-order valence-corrected chi connectivity index (χ1v) is 13.6. The number of nitrogens with one attached hydrogen (secondary N) is 1. The van der Waals surface area contributed by atoms with Gasteiger partial charge in [0.25, 0.3) is 11.8 Å². The number of hydrogen-bond acceptors (Lipinski definition) is 6. The van der Waals surface area contributed by atoms with Crippen molar-refractivity contribution in [2.45, 2.75) is 51.1 Å². The highest BCUT2D eigenvalue weighted by molar-refractivity contribution is 6.04. The van der Waals surface area contributed by atoms with Crippen LogP contribution in [0.3, 0.4) is 0 Å². The number of aromatic nitrogens is 4. The van der Waals surface area contributed by atoms with E-state index in [2.05, 4.69) is 15.3 Å². The number of rotatable bonds is 8. The number of pyridine rings is 1. The molecule has 9 nitrogen and oxygen atoms in total. The molecule has 1 aliphatic rings. The number of anilines is 2. The number of halogens is 5. The molecule has 1 fully saturated rings. The minimum atomic E-state index is -4.66. The van der Waals surface area contributed by atoms with Gasteiger partial charge in [-0.05, 0) is 37.1 Å². The van der Waals surface area contributed by atoms with E-state index < -0.39 is 29.1 Å². The third kappa shape index (κ3) is 5.99. The smallest absolute Gasteiger partial charge is 0.382 e. The quantitative estimate of drug-likeness (QED) is 0.244. The van der Waals surface area contributed by atoms with E-state index in [1.165, 1.54) is 18.3 Å². The Bertz CT molecular complexity index is 1700. The highest BCUT2D eigenvalue weighted by Crippen LogP contribution is 2.40. The summed E-state index contributed by atoms with van der Waals surface area (Å²) in [5.74, 6) is -4.40. The van der Waals surface area contributed by atoms with Gasteiger partial charge in [-0.2, -0.15) is 13.2 Å². The van der Waals surface area contributed by atoms with Crippen molar-refractivity contribution in [3.8, 4) is 11.3 Å². The second-order valence-corrected chi connectivity index (χ2v) is 10.4. The lowest BCUT2D eigenvalue weighted by molar-refractivity contribution is -0.137. The number of imidazole rings is 1. The number of hydrogen-bond donors (Lipinski definition) is 2. The van der Waals surface area contributed by atoms with E-state index in [0.29, 0.717) is 50.3 Å². The summed E-state index contributed by atoms with van der Waals surface area (Å²) in [5.41, 5.74) is 4.83. The largest absolute Gasteiger partial charge is 0.416 e. The molecule has 4 aromatic rings. The molecular formula is C29H28F5N7O2. The van der Waals surface area contributed by atoms with Crippen molar-refractivity contribution in [2.75, 3.05) is 24.1 Å². The van der Waals surface area contributed by atoms with Crippen LogP contribution in [0.15, 0.2) is 48.9 Å². The SMILES string of the molecule is CCC(CN1CCCC1=O)c1nc(-c2ccc(C(=O)Nc3cc(C(F)(F)F)ccn3)cc2C(C)(F)F)c2c(N)nccn12. The van der Waals surface area contributed by atoms with E-state index in [1.54, 1.807) is 15.5 Å². The monoisotopic (exact) mass is 601 g/mol.